The van der Waals surface area contributed by atoms with Crippen LogP contribution in [-0.4, -0.2) is 54.3 Å². The van der Waals surface area contributed by atoms with Crippen molar-refractivity contribution in [2.45, 2.75) is 38.8 Å². The summed E-state index contributed by atoms with van der Waals surface area (Å²) in [6, 6.07) is 8.58. The van der Waals surface area contributed by atoms with Gasteiger partial charge < -0.3 is 25.0 Å². The fourth-order valence-electron chi connectivity index (χ4n) is 4.19. The summed E-state index contributed by atoms with van der Waals surface area (Å²) in [5, 5.41) is 12.5. The van der Waals surface area contributed by atoms with Crippen LogP contribution in [0.1, 0.15) is 35.7 Å². The predicted octanol–water partition coefficient (Wildman–Crippen LogP) is 3.18. The number of aromatic carboxylic acids is 1. The van der Waals surface area contributed by atoms with Crippen LogP contribution in [-0.2, 0) is 9.53 Å². The molecule has 0 radical (unpaired) electrons. The second-order valence-electron chi connectivity index (χ2n) is 7.82. The van der Waals surface area contributed by atoms with Crippen molar-refractivity contribution in [3.8, 4) is 0 Å². The van der Waals surface area contributed by atoms with Gasteiger partial charge in [0.15, 0.2) is 5.82 Å². The Balaban J connectivity index is 1.69. The van der Waals surface area contributed by atoms with Crippen LogP contribution in [0.25, 0.3) is 0 Å². The number of hydrogen-bond donors (Lipinski definition) is 2. The fraction of sp³-hybridized carbons (Fsp3) is 0.409. The molecular formula is C22H26N4O4. The lowest BCUT2D eigenvalue weighted by molar-refractivity contribution is -0.119. The summed E-state index contributed by atoms with van der Waals surface area (Å²) in [4.78, 5) is 32.6. The average Bonchev–Trinajstić information content (AvgIpc) is 2.74. The van der Waals surface area contributed by atoms with E-state index in [0.29, 0.717) is 19.0 Å². The molecule has 1 aromatic heterocycles. The number of hydrogen-bond acceptors (Lipinski definition) is 6. The van der Waals surface area contributed by atoms with E-state index in [1.165, 1.54) is 0 Å². The monoisotopic (exact) mass is 410 g/mol. The van der Waals surface area contributed by atoms with Gasteiger partial charge in [-0.15, -0.1) is 0 Å². The number of nitrogens with one attached hydrogen (secondary N) is 1. The molecule has 1 atom stereocenters. The van der Waals surface area contributed by atoms with E-state index in [9.17, 15) is 9.59 Å². The van der Waals surface area contributed by atoms with Crippen LogP contribution in [0.3, 0.4) is 0 Å². The van der Waals surface area contributed by atoms with E-state index < -0.39 is 5.97 Å². The zero-order chi connectivity index (χ0) is 21.4. The lowest BCUT2D eigenvalue weighted by atomic mass is 10.0. The normalized spacial score (nSPS) is 19.6. The first kappa shape index (κ1) is 20.2. The molecule has 30 heavy (non-hydrogen) atoms. The Kier molecular flexibility index (Phi) is 5.34. The smallest absolute Gasteiger partial charge is 0.335 e. The SMILES string of the molecule is Cc1cc(C(=O)O)ccc1Nc1ccc2c(n1)N(C1CCOCC1)[C@H](C)C(=O)N2C. The minimum atomic E-state index is -0.953. The van der Waals surface area contributed by atoms with E-state index >= 15 is 0 Å². The average molecular weight is 410 g/mol. The van der Waals surface area contributed by atoms with E-state index in [-0.39, 0.29) is 23.6 Å². The highest BCUT2D eigenvalue weighted by Gasteiger charge is 2.39. The number of ether oxygens (including phenoxy) is 1. The number of aromatic nitrogens is 1. The second-order valence-corrected chi connectivity index (χ2v) is 7.82. The van der Waals surface area contributed by atoms with Crippen molar-refractivity contribution in [1.29, 1.82) is 0 Å². The Morgan fingerprint density at radius 2 is 1.97 bits per heavy atom. The molecule has 4 rings (SSSR count). The van der Waals surface area contributed by atoms with Crippen molar-refractivity contribution >= 4 is 34.9 Å². The molecule has 2 aliphatic rings. The van der Waals surface area contributed by atoms with Gasteiger partial charge in [-0.3, -0.25) is 4.79 Å². The molecule has 3 heterocycles. The quantitative estimate of drug-likeness (QED) is 0.799. The van der Waals surface area contributed by atoms with Crippen molar-refractivity contribution in [3.05, 3.63) is 41.5 Å². The summed E-state index contributed by atoms with van der Waals surface area (Å²) in [5.74, 6) is 0.523. The summed E-state index contributed by atoms with van der Waals surface area (Å²) in [7, 11) is 1.78. The van der Waals surface area contributed by atoms with Crippen molar-refractivity contribution in [2.75, 3.05) is 35.4 Å². The van der Waals surface area contributed by atoms with Crippen LogP contribution in [0, 0.1) is 6.92 Å². The summed E-state index contributed by atoms with van der Waals surface area (Å²) in [6.07, 6.45) is 1.71. The highest BCUT2D eigenvalue weighted by molar-refractivity contribution is 6.04. The number of fused-ring (bicyclic) bond motifs is 1. The van der Waals surface area contributed by atoms with Gasteiger partial charge in [0.2, 0.25) is 5.91 Å². The van der Waals surface area contributed by atoms with Crippen molar-refractivity contribution < 1.29 is 19.4 Å². The number of rotatable bonds is 4. The highest BCUT2D eigenvalue weighted by Crippen LogP contribution is 2.38. The first-order valence-corrected chi connectivity index (χ1v) is 10.1. The lowest BCUT2D eigenvalue weighted by Crippen LogP contribution is -2.56. The third kappa shape index (κ3) is 3.59. The molecule has 8 heteroatoms. The van der Waals surface area contributed by atoms with Crippen LogP contribution >= 0.6 is 0 Å². The van der Waals surface area contributed by atoms with E-state index in [4.69, 9.17) is 14.8 Å². The Bertz CT molecular complexity index is 987. The van der Waals surface area contributed by atoms with Gasteiger partial charge in [-0.2, -0.15) is 0 Å². The van der Waals surface area contributed by atoms with Crippen LogP contribution in [0.2, 0.25) is 0 Å². The standard InChI is InChI=1S/C22H26N4O4/c1-13-12-15(22(28)29)4-5-17(13)23-19-7-6-18-20(24-19)26(14(2)21(27)25(18)3)16-8-10-30-11-9-16/h4-7,12,14,16H,8-11H2,1-3H3,(H,23,24)(H,28,29)/t14-/m1/s1. The molecule has 2 N–H and O–H groups in total. The summed E-state index contributed by atoms with van der Waals surface area (Å²) in [6.45, 7) is 5.14. The molecular weight excluding hydrogens is 384 g/mol. The fourth-order valence-corrected chi connectivity index (χ4v) is 4.19. The number of carbonyl (C=O) groups is 2. The summed E-state index contributed by atoms with van der Waals surface area (Å²) >= 11 is 0. The molecule has 2 aromatic rings. The number of aryl methyl sites for hydroxylation is 1. The number of carboxylic acids is 1. The van der Waals surface area contributed by atoms with Gasteiger partial charge in [0, 0.05) is 32.0 Å². The molecule has 158 valence electrons. The molecule has 1 fully saturated rings. The maximum Gasteiger partial charge on any atom is 0.335 e. The number of carbonyl (C=O) groups excluding carboxylic acids is 1. The Morgan fingerprint density at radius 1 is 1.23 bits per heavy atom. The van der Waals surface area contributed by atoms with E-state index in [2.05, 4.69) is 10.2 Å². The third-order valence-corrected chi connectivity index (χ3v) is 5.89. The largest absolute Gasteiger partial charge is 0.478 e. The molecule has 8 nitrogen and oxygen atoms in total. The highest BCUT2D eigenvalue weighted by atomic mass is 16.5. The molecule has 1 aromatic carbocycles. The van der Waals surface area contributed by atoms with Crippen molar-refractivity contribution in [3.63, 3.8) is 0 Å². The van der Waals surface area contributed by atoms with Gasteiger partial charge in [-0.25, -0.2) is 9.78 Å². The van der Waals surface area contributed by atoms with Crippen LogP contribution in [0.4, 0.5) is 23.0 Å². The molecule has 0 saturated carbocycles. The Morgan fingerprint density at radius 3 is 2.63 bits per heavy atom. The molecule has 0 bridgehead atoms. The van der Waals surface area contributed by atoms with Crippen LogP contribution in [0.5, 0.6) is 0 Å². The van der Waals surface area contributed by atoms with Gasteiger partial charge in [0.05, 0.1) is 11.3 Å². The van der Waals surface area contributed by atoms with E-state index in [0.717, 1.165) is 35.6 Å². The second kappa shape index (κ2) is 7.95. The number of pyridine rings is 1. The maximum atomic E-state index is 12.8. The first-order chi connectivity index (χ1) is 14.4. The Labute approximate surface area is 175 Å². The topological polar surface area (TPSA) is 95.0 Å². The number of carboxylic acid groups (broad SMARTS) is 1. The first-order valence-electron chi connectivity index (χ1n) is 10.1. The zero-order valence-electron chi connectivity index (χ0n) is 17.4. The van der Waals surface area contributed by atoms with Gasteiger partial charge >= 0.3 is 5.97 Å². The number of amides is 1. The Hall–Kier alpha value is -3.13. The zero-order valence-corrected chi connectivity index (χ0v) is 17.4. The molecule has 2 aliphatic heterocycles. The predicted molar refractivity (Wildman–Crippen MR) is 115 cm³/mol. The number of anilines is 4. The minimum Gasteiger partial charge on any atom is -0.478 e. The van der Waals surface area contributed by atoms with Crippen molar-refractivity contribution in [1.82, 2.24) is 4.98 Å². The molecule has 0 unspecified atom stereocenters. The molecule has 1 amide bonds. The lowest BCUT2D eigenvalue weighted by Gasteiger charge is -2.44. The summed E-state index contributed by atoms with van der Waals surface area (Å²) in [5.41, 5.74) is 2.64. The summed E-state index contributed by atoms with van der Waals surface area (Å²) < 4.78 is 5.51. The molecule has 0 spiro atoms. The van der Waals surface area contributed by atoms with Gasteiger partial charge in [0.1, 0.15) is 11.9 Å². The molecule has 0 aliphatic carbocycles. The molecule has 1 saturated heterocycles. The van der Waals surface area contributed by atoms with Gasteiger partial charge in [-0.1, -0.05) is 0 Å². The third-order valence-electron chi connectivity index (χ3n) is 5.89. The maximum absolute atomic E-state index is 12.8. The number of likely N-dealkylation sites (N-methyl/N-ethyl adjacent to an activating group) is 1. The number of benzene rings is 1. The van der Waals surface area contributed by atoms with Crippen LogP contribution in [0.15, 0.2) is 30.3 Å². The van der Waals surface area contributed by atoms with Crippen molar-refractivity contribution in [2.24, 2.45) is 0 Å². The number of nitrogens with zero attached hydrogens (tertiary/aromatic N) is 3. The van der Waals surface area contributed by atoms with E-state index in [1.807, 2.05) is 26.0 Å². The van der Waals surface area contributed by atoms with Crippen LogP contribution < -0.4 is 15.1 Å². The van der Waals surface area contributed by atoms with Gasteiger partial charge in [-0.05, 0) is 62.6 Å². The minimum absolute atomic E-state index is 0.0524. The van der Waals surface area contributed by atoms with E-state index in [1.54, 1.807) is 30.1 Å². The van der Waals surface area contributed by atoms with Gasteiger partial charge in [0.25, 0.3) is 0 Å².